The van der Waals surface area contributed by atoms with Crippen LogP contribution >= 0.6 is 0 Å². The SMILES string of the molecule is COc1nc(N)n(-c2cnccn2)n1. The second-order valence-corrected chi connectivity index (χ2v) is 2.43. The van der Waals surface area contributed by atoms with E-state index < -0.39 is 0 Å². The van der Waals surface area contributed by atoms with E-state index in [4.69, 9.17) is 10.5 Å². The average Bonchev–Trinajstić information content (AvgIpc) is 2.61. The third-order valence-electron chi connectivity index (χ3n) is 1.56. The molecule has 0 bridgehead atoms. The third kappa shape index (κ3) is 1.35. The van der Waals surface area contributed by atoms with Gasteiger partial charge in [-0.2, -0.15) is 9.67 Å². The topological polar surface area (TPSA) is 91.7 Å². The normalized spacial score (nSPS) is 10.1. The second kappa shape index (κ2) is 3.29. The van der Waals surface area contributed by atoms with Crippen LogP contribution in [-0.4, -0.2) is 31.8 Å². The molecule has 2 aromatic rings. The van der Waals surface area contributed by atoms with Crippen molar-refractivity contribution >= 4 is 5.95 Å². The molecule has 2 rings (SSSR count). The number of methoxy groups -OCH3 is 1. The molecule has 0 saturated carbocycles. The second-order valence-electron chi connectivity index (χ2n) is 2.43. The third-order valence-corrected chi connectivity index (χ3v) is 1.56. The molecule has 0 aliphatic heterocycles. The fraction of sp³-hybridized carbons (Fsp3) is 0.143. The summed E-state index contributed by atoms with van der Waals surface area (Å²) in [6, 6.07) is 0.202. The summed E-state index contributed by atoms with van der Waals surface area (Å²) in [4.78, 5) is 11.8. The van der Waals surface area contributed by atoms with Gasteiger partial charge >= 0.3 is 6.01 Å². The van der Waals surface area contributed by atoms with Crippen LogP contribution in [0, 0.1) is 0 Å². The Morgan fingerprint density at radius 2 is 2.29 bits per heavy atom. The highest BCUT2D eigenvalue weighted by Crippen LogP contribution is 2.10. The van der Waals surface area contributed by atoms with Crippen molar-refractivity contribution in [1.29, 1.82) is 0 Å². The highest BCUT2D eigenvalue weighted by atomic mass is 16.5. The molecule has 2 N–H and O–H groups in total. The number of aromatic nitrogens is 5. The Hall–Kier alpha value is -2.18. The van der Waals surface area contributed by atoms with Crippen LogP contribution in [0.2, 0.25) is 0 Å². The first-order chi connectivity index (χ1) is 6.81. The molecular weight excluding hydrogens is 184 g/mol. The lowest BCUT2D eigenvalue weighted by molar-refractivity contribution is 0.379. The van der Waals surface area contributed by atoms with Crippen molar-refractivity contribution in [3.63, 3.8) is 0 Å². The average molecular weight is 192 g/mol. The number of hydrogen-bond acceptors (Lipinski definition) is 6. The molecule has 7 heteroatoms. The molecule has 7 nitrogen and oxygen atoms in total. The molecule has 2 heterocycles. The van der Waals surface area contributed by atoms with E-state index in [9.17, 15) is 0 Å². The van der Waals surface area contributed by atoms with Crippen LogP contribution in [-0.2, 0) is 0 Å². The molecule has 2 aromatic heterocycles. The Labute approximate surface area is 79.6 Å². The van der Waals surface area contributed by atoms with Crippen molar-refractivity contribution in [2.75, 3.05) is 12.8 Å². The Kier molecular flexibility index (Phi) is 1.98. The van der Waals surface area contributed by atoms with Crippen LogP contribution in [0.5, 0.6) is 6.01 Å². The first-order valence-electron chi connectivity index (χ1n) is 3.84. The van der Waals surface area contributed by atoms with E-state index in [1.165, 1.54) is 18.0 Å². The van der Waals surface area contributed by atoms with Crippen LogP contribution in [0.3, 0.4) is 0 Å². The first-order valence-corrected chi connectivity index (χ1v) is 3.84. The summed E-state index contributed by atoms with van der Waals surface area (Å²) in [5, 5.41) is 3.95. The van der Waals surface area contributed by atoms with Gasteiger partial charge in [-0.1, -0.05) is 0 Å². The van der Waals surface area contributed by atoms with Crippen LogP contribution in [0.4, 0.5) is 5.95 Å². The molecule has 0 spiro atoms. The summed E-state index contributed by atoms with van der Waals surface area (Å²) >= 11 is 0. The lowest BCUT2D eigenvalue weighted by Gasteiger charge is -1.97. The predicted octanol–water partition coefficient (Wildman–Crippen LogP) is -0.352. The van der Waals surface area contributed by atoms with Gasteiger partial charge in [-0.05, 0) is 0 Å². The number of nitrogen functional groups attached to an aromatic ring is 1. The van der Waals surface area contributed by atoms with Gasteiger partial charge in [0.05, 0.1) is 13.3 Å². The minimum absolute atomic E-state index is 0.202. The van der Waals surface area contributed by atoms with Crippen molar-refractivity contribution in [2.24, 2.45) is 0 Å². The summed E-state index contributed by atoms with van der Waals surface area (Å²) < 4.78 is 6.18. The summed E-state index contributed by atoms with van der Waals surface area (Å²) in [6.07, 6.45) is 4.64. The molecule has 0 unspecified atom stereocenters. The van der Waals surface area contributed by atoms with E-state index in [1.807, 2.05) is 0 Å². The molecular formula is C7H8N6O. The van der Waals surface area contributed by atoms with E-state index in [0.29, 0.717) is 5.82 Å². The Balaban J connectivity index is 2.46. The fourth-order valence-corrected chi connectivity index (χ4v) is 0.960. The molecule has 0 aliphatic rings. The number of anilines is 1. The minimum Gasteiger partial charge on any atom is -0.466 e. The summed E-state index contributed by atoms with van der Waals surface area (Å²) in [5.41, 5.74) is 5.59. The van der Waals surface area contributed by atoms with Gasteiger partial charge in [0, 0.05) is 12.4 Å². The lowest BCUT2D eigenvalue weighted by atomic mass is 10.6. The van der Waals surface area contributed by atoms with Gasteiger partial charge in [-0.15, -0.1) is 5.10 Å². The molecule has 0 fully saturated rings. The molecule has 0 saturated heterocycles. The smallest absolute Gasteiger partial charge is 0.337 e. The monoisotopic (exact) mass is 192 g/mol. The van der Waals surface area contributed by atoms with E-state index >= 15 is 0 Å². The highest BCUT2D eigenvalue weighted by Gasteiger charge is 2.08. The zero-order valence-electron chi connectivity index (χ0n) is 7.45. The summed E-state index contributed by atoms with van der Waals surface area (Å²) in [7, 11) is 1.47. The summed E-state index contributed by atoms with van der Waals surface area (Å²) in [5.74, 6) is 0.711. The van der Waals surface area contributed by atoms with Gasteiger partial charge in [0.25, 0.3) is 0 Å². The highest BCUT2D eigenvalue weighted by molar-refractivity contribution is 5.30. The lowest BCUT2D eigenvalue weighted by Crippen LogP contribution is -2.04. The van der Waals surface area contributed by atoms with Crippen molar-refractivity contribution in [1.82, 2.24) is 24.7 Å². The summed E-state index contributed by atoms with van der Waals surface area (Å²) in [6.45, 7) is 0. The van der Waals surface area contributed by atoms with Crippen LogP contribution in [0.1, 0.15) is 0 Å². The zero-order valence-corrected chi connectivity index (χ0v) is 7.45. The van der Waals surface area contributed by atoms with Gasteiger partial charge < -0.3 is 10.5 Å². The number of nitrogens with zero attached hydrogens (tertiary/aromatic N) is 5. The molecule has 0 radical (unpaired) electrons. The zero-order chi connectivity index (χ0) is 9.97. The maximum Gasteiger partial charge on any atom is 0.337 e. The van der Waals surface area contributed by atoms with E-state index in [2.05, 4.69) is 20.1 Å². The van der Waals surface area contributed by atoms with Gasteiger partial charge in [0.1, 0.15) is 0 Å². The van der Waals surface area contributed by atoms with E-state index in [0.717, 1.165) is 0 Å². The Bertz CT molecular complexity index is 425. The van der Waals surface area contributed by atoms with Crippen molar-refractivity contribution < 1.29 is 4.74 Å². The van der Waals surface area contributed by atoms with Crippen LogP contribution in [0.25, 0.3) is 5.82 Å². The predicted molar refractivity (Wildman–Crippen MR) is 47.9 cm³/mol. The van der Waals surface area contributed by atoms with Crippen LogP contribution in [0.15, 0.2) is 18.6 Å². The van der Waals surface area contributed by atoms with E-state index in [1.54, 1.807) is 12.4 Å². The minimum atomic E-state index is 0.202. The van der Waals surface area contributed by atoms with Gasteiger partial charge in [0.2, 0.25) is 5.95 Å². The molecule has 0 atom stereocenters. The first kappa shape index (κ1) is 8.42. The van der Waals surface area contributed by atoms with Crippen molar-refractivity contribution in [3.8, 4) is 11.8 Å². The van der Waals surface area contributed by atoms with Crippen LogP contribution < -0.4 is 10.5 Å². The van der Waals surface area contributed by atoms with Gasteiger partial charge in [0.15, 0.2) is 5.82 Å². The maximum atomic E-state index is 5.59. The molecule has 14 heavy (non-hydrogen) atoms. The van der Waals surface area contributed by atoms with Crippen molar-refractivity contribution in [3.05, 3.63) is 18.6 Å². The Morgan fingerprint density at radius 1 is 1.43 bits per heavy atom. The number of rotatable bonds is 2. The molecule has 0 amide bonds. The van der Waals surface area contributed by atoms with Crippen molar-refractivity contribution in [2.45, 2.75) is 0 Å². The maximum absolute atomic E-state index is 5.59. The van der Waals surface area contributed by atoms with E-state index in [-0.39, 0.29) is 12.0 Å². The number of hydrogen-bond donors (Lipinski definition) is 1. The van der Waals surface area contributed by atoms with Gasteiger partial charge in [-0.25, -0.2) is 4.98 Å². The Morgan fingerprint density at radius 3 is 2.86 bits per heavy atom. The number of nitrogens with two attached hydrogens (primary N) is 1. The fourth-order valence-electron chi connectivity index (χ4n) is 0.960. The molecule has 0 aromatic carbocycles. The standard InChI is InChI=1S/C7H8N6O/c1-14-7-11-6(8)13(12-7)5-4-9-2-3-10-5/h2-4H,1H3,(H2,8,11,12). The molecule has 72 valence electrons. The molecule has 0 aliphatic carbocycles. The number of ether oxygens (including phenoxy) is 1. The quantitative estimate of drug-likeness (QED) is 0.699. The van der Waals surface area contributed by atoms with Gasteiger partial charge in [-0.3, -0.25) is 4.98 Å². The largest absolute Gasteiger partial charge is 0.466 e.